The van der Waals surface area contributed by atoms with E-state index in [0.29, 0.717) is 10.6 Å². The third-order valence-corrected chi connectivity index (χ3v) is 4.53. The van der Waals surface area contributed by atoms with E-state index in [9.17, 15) is 9.59 Å². The van der Waals surface area contributed by atoms with Crippen molar-refractivity contribution < 1.29 is 14.3 Å². The molecule has 6 heteroatoms. The Morgan fingerprint density at radius 1 is 1.08 bits per heavy atom. The van der Waals surface area contributed by atoms with Gasteiger partial charge in [-0.05, 0) is 55.8 Å². The van der Waals surface area contributed by atoms with Gasteiger partial charge in [0, 0.05) is 21.7 Å². The lowest BCUT2D eigenvalue weighted by Crippen LogP contribution is -2.33. The second kappa shape index (κ2) is 9.49. The van der Waals surface area contributed by atoms with Crippen molar-refractivity contribution in [1.29, 1.82) is 0 Å². The Bertz CT molecular complexity index is 714. The molecule has 0 heterocycles. The van der Waals surface area contributed by atoms with Crippen LogP contribution in [0.4, 0.5) is 0 Å². The quantitative estimate of drug-likeness (QED) is 0.577. The number of halogens is 1. The van der Waals surface area contributed by atoms with Crippen molar-refractivity contribution >= 4 is 35.2 Å². The van der Waals surface area contributed by atoms with E-state index >= 15 is 0 Å². The Morgan fingerprint density at radius 2 is 1.72 bits per heavy atom. The van der Waals surface area contributed by atoms with Crippen LogP contribution in [0.25, 0.3) is 0 Å². The molecule has 0 spiro atoms. The molecule has 1 N–H and O–H groups in total. The van der Waals surface area contributed by atoms with Crippen molar-refractivity contribution in [1.82, 2.24) is 5.32 Å². The van der Waals surface area contributed by atoms with Gasteiger partial charge in [0.2, 0.25) is 0 Å². The maximum absolute atomic E-state index is 11.9. The number of rotatable bonds is 7. The van der Waals surface area contributed by atoms with E-state index in [2.05, 4.69) is 5.32 Å². The lowest BCUT2D eigenvalue weighted by molar-refractivity contribution is -0.124. The van der Waals surface area contributed by atoms with E-state index in [1.807, 2.05) is 50.2 Å². The van der Waals surface area contributed by atoms with Crippen molar-refractivity contribution in [3.05, 3.63) is 64.7 Å². The van der Waals surface area contributed by atoms with E-state index in [1.54, 1.807) is 23.9 Å². The number of carbonyl (C=O) groups excluding carboxylic acids is 2. The van der Waals surface area contributed by atoms with Gasteiger partial charge in [0.05, 0.1) is 5.56 Å². The van der Waals surface area contributed by atoms with E-state index in [0.717, 1.165) is 16.2 Å². The fraction of sp³-hybridized carbons (Fsp3) is 0.263. The first-order valence-electron chi connectivity index (χ1n) is 7.88. The van der Waals surface area contributed by atoms with E-state index < -0.39 is 5.97 Å². The summed E-state index contributed by atoms with van der Waals surface area (Å²) < 4.78 is 5.00. The Balaban J connectivity index is 1.83. The molecular formula is C19H20ClNO3S. The molecule has 2 rings (SSSR count). The molecule has 0 aliphatic carbocycles. The van der Waals surface area contributed by atoms with E-state index in [1.165, 1.54) is 0 Å². The molecule has 2 aromatic carbocycles. The van der Waals surface area contributed by atoms with Crippen molar-refractivity contribution in [2.45, 2.75) is 30.5 Å². The van der Waals surface area contributed by atoms with Gasteiger partial charge in [-0.1, -0.05) is 23.7 Å². The van der Waals surface area contributed by atoms with Gasteiger partial charge in [0.1, 0.15) is 0 Å². The van der Waals surface area contributed by atoms with Crippen LogP contribution in [-0.4, -0.2) is 24.5 Å². The topological polar surface area (TPSA) is 55.4 Å². The van der Waals surface area contributed by atoms with Gasteiger partial charge in [0.25, 0.3) is 5.91 Å². The van der Waals surface area contributed by atoms with Crippen LogP contribution >= 0.6 is 23.4 Å². The number of carbonyl (C=O) groups is 2. The minimum absolute atomic E-state index is 0.0172. The van der Waals surface area contributed by atoms with E-state index in [4.69, 9.17) is 16.3 Å². The van der Waals surface area contributed by atoms with Gasteiger partial charge in [-0.3, -0.25) is 4.79 Å². The highest BCUT2D eigenvalue weighted by Crippen LogP contribution is 2.24. The van der Waals surface area contributed by atoms with Crippen LogP contribution < -0.4 is 5.32 Å². The second-order valence-electron chi connectivity index (χ2n) is 5.74. The first-order chi connectivity index (χ1) is 11.9. The van der Waals surface area contributed by atoms with E-state index in [-0.39, 0.29) is 18.6 Å². The third-order valence-electron chi connectivity index (χ3n) is 3.19. The average Bonchev–Trinajstić information content (AvgIpc) is 2.59. The normalized spacial score (nSPS) is 10.6. The molecule has 0 fully saturated rings. The van der Waals surface area contributed by atoms with Gasteiger partial charge in [-0.2, -0.15) is 0 Å². The number of esters is 1. The average molecular weight is 378 g/mol. The minimum atomic E-state index is -0.504. The number of amides is 1. The summed E-state index contributed by atoms with van der Waals surface area (Å²) in [5, 5.41) is 3.38. The lowest BCUT2D eigenvalue weighted by Gasteiger charge is -2.09. The zero-order valence-corrected chi connectivity index (χ0v) is 15.7. The summed E-state index contributed by atoms with van der Waals surface area (Å²) in [7, 11) is 0. The molecule has 1 amide bonds. The molecular weight excluding hydrogens is 358 g/mol. The molecule has 0 aromatic heterocycles. The SMILES string of the molecule is CC(C)NC(=O)COC(=O)c1ccc(CSc2ccc(Cl)cc2)cc1. The molecule has 0 atom stereocenters. The second-order valence-corrected chi connectivity index (χ2v) is 7.22. The molecule has 0 saturated carbocycles. The lowest BCUT2D eigenvalue weighted by atomic mass is 10.1. The first kappa shape index (κ1) is 19.3. The molecule has 0 aliphatic heterocycles. The Morgan fingerprint density at radius 3 is 2.32 bits per heavy atom. The highest BCUT2D eigenvalue weighted by molar-refractivity contribution is 7.98. The van der Waals surface area contributed by atoms with Crippen molar-refractivity contribution in [3.8, 4) is 0 Å². The molecule has 2 aromatic rings. The van der Waals surface area contributed by atoms with Crippen molar-refractivity contribution in [2.24, 2.45) is 0 Å². The summed E-state index contributed by atoms with van der Waals surface area (Å²) in [5.74, 6) is -0.0246. The number of hydrogen-bond donors (Lipinski definition) is 1. The monoisotopic (exact) mass is 377 g/mol. The van der Waals surface area contributed by atoms with Gasteiger partial charge in [-0.15, -0.1) is 11.8 Å². The van der Waals surface area contributed by atoms with Crippen LogP contribution in [0.5, 0.6) is 0 Å². The first-order valence-corrected chi connectivity index (χ1v) is 9.24. The summed E-state index contributed by atoms with van der Waals surface area (Å²) in [6, 6.07) is 14.9. The molecule has 4 nitrogen and oxygen atoms in total. The Labute approximate surface area is 156 Å². The van der Waals surface area contributed by atoms with Crippen LogP contribution in [0.3, 0.4) is 0 Å². The zero-order chi connectivity index (χ0) is 18.2. The highest BCUT2D eigenvalue weighted by Gasteiger charge is 2.10. The van der Waals surface area contributed by atoms with Crippen LogP contribution in [0.15, 0.2) is 53.4 Å². The highest BCUT2D eigenvalue weighted by atomic mass is 35.5. The van der Waals surface area contributed by atoms with Gasteiger partial charge in [-0.25, -0.2) is 4.79 Å². The Kier molecular flexibility index (Phi) is 7.34. The number of benzene rings is 2. The Hall–Kier alpha value is -1.98. The number of nitrogens with one attached hydrogen (secondary N) is 1. The minimum Gasteiger partial charge on any atom is -0.452 e. The van der Waals surface area contributed by atoms with Crippen LogP contribution in [0, 0.1) is 0 Å². The maximum atomic E-state index is 11.9. The van der Waals surface area contributed by atoms with Gasteiger partial charge >= 0.3 is 5.97 Å². The summed E-state index contributed by atoms with van der Waals surface area (Å²) in [4.78, 5) is 24.6. The van der Waals surface area contributed by atoms with Crippen LogP contribution in [-0.2, 0) is 15.3 Å². The predicted molar refractivity (Wildman–Crippen MR) is 101 cm³/mol. The molecule has 25 heavy (non-hydrogen) atoms. The molecule has 0 bridgehead atoms. The maximum Gasteiger partial charge on any atom is 0.338 e. The largest absolute Gasteiger partial charge is 0.452 e. The van der Waals surface area contributed by atoms with Crippen molar-refractivity contribution in [3.63, 3.8) is 0 Å². The molecule has 132 valence electrons. The fourth-order valence-electron chi connectivity index (χ4n) is 2.01. The molecule has 0 radical (unpaired) electrons. The number of thioether (sulfide) groups is 1. The number of ether oxygens (including phenoxy) is 1. The predicted octanol–water partition coefficient (Wildman–Crippen LogP) is 4.31. The standard InChI is InChI=1S/C19H20ClNO3S/c1-13(2)21-18(22)11-24-19(23)15-5-3-14(4-6-15)12-25-17-9-7-16(20)8-10-17/h3-10,13H,11-12H2,1-2H3,(H,21,22). The summed E-state index contributed by atoms with van der Waals surface area (Å²) >= 11 is 7.56. The summed E-state index contributed by atoms with van der Waals surface area (Å²) in [6.45, 7) is 3.42. The fourth-order valence-corrected chi connectivity index (χ4v) is 2.99. The van der Waals surface area contributed by atoms with Crippen LogP contribution in [0.1, 0.15) is 29.8 Å². The van der Waals surface area contributed by atoms with Gasteiger partial charge < -0.3 is 10.1 Å². The van der Waals surface area contributed by atoms with Crippen molar-refractivity contribution in [2.75, 3.05) is 6.61 Å². The summed E-state index contributed by atoms with van der Waals surface area (Å²) in [6.07, 6.45) is 0. The van der Waals surface area contributed by atoms with Gasteiger partial charge in [0.15, 0.2) is 6.61 Å². The molecule has 0 unspecified atom stereocenters. The summed E-state index contributed by atoms with van der Waals surface area (Å²) in [5.41, 5.74) is 1.52. The smallest absolute Gasteiger partial charge is 0.338 e. The number of hydrogen-bond acceptors (Lipinski definition) is 4. The van der Waals surface area contributed by atoms with Crippen LogP contribution in [0.2, 0.25) is 5.02 Å². The molecule has 0 saturated heterocycles. The zero-order valence-electron chi connectivity index (χ0n) is 14.1. The molecule has 0 aliphatic rings. The third kappa shape index (κ3) is 6.80.